The second-order valence-corrected chi connectivity index (χ2v) is 1.94. The first kappa shape index (κ1) is 8.55. The van der Waals surface area contributed by atoms with Crippen LogP contribution in [0.25, 0.3) is 0 Å². The van der Waals surface area contributed by atoms with Crippen LogP contribution >= 0.6 is 0 Å². The summed E-state index contributed by atoms with van der Waals surface area (Å²) >= 11 is 0. The summed E-state index contributed by atoms with van der Waals surface area (Å²) < 4.78 is 36.0. The van der Waals surface area contributed by atoms with E-state index in [2.05, 4.69) is 9.98 Å². The Labute approximate surface area is 64.9 Å². The minimum atomic E-state index is -4.49. The van der Waals surface area contributed by atoms with Gasteiger partial charge < -0.3 is 4.98 Å². The predicted octanol–water partition coefficient (Wildman–Crippen LogP) is 2.00. The standard InChI is InChI=1S/C6H3F3N2O/c7-6(8,9)4-1-2-10-5(4)11-3-12/h1-2,10H. The van der Waals surface area contributed by atoms with Crippen molar-refractivity contribution in [1.82, 2.24) is 4.98 Å². The van der Waals surface area contributed by atoms with Gasteiger partial charge in [-0.2, -0.15) is 13.2 Å². The Hall–Kier alpha value is -1.55. The number of nitrogens with zero attached hydrogens (tertiary/aromatic N) is 1. The maximum absolute atomic E-state index is 12.0. The van der Waals surface area contributed by atoms with E-state index in [4.69, 9.17) is 0 Å². The fraction of sp³-hybridized carbons (Fsp3) is 0.167. The average Bonchev–Trinajstić information content (AvgIpc) is 2.34. The van der Waals surface area contributed by atoms with Crippen LogP contribution in [0.1, 0.15) is 5.56 Å². The second kappa shape index (κ2) is 2.83. The molecule has 0 aliphatic rings. The summed E-state index contributed by atoms with van der Waals surface area (Å²) in [6, 6.07) is 0.802. The molecular weight excluding hydrogens is 173 g/mol. The first-order valence-electron chi connectivity index (χ1n) is 2.88. The quantitative estimate of drug-likeness (QED) is 0.516. The Morgan fingerprint density at radius 2 is 2.17 bits per heavy atom. The van der Waals surface area contributed by atoms with Gasteiger partial charge in [0.05, 0.1) is 0 Å². The smallest absolute Gasteiger partial charge is 0.345 e. The van der Waals surface area contributed by atoms with E-state index in [0.29, 0.717) is 0 Å². The lowest BCUT2D eigenvalue weighted by Gasteiger charge is -2.02. The highest BCUT2D eigenvalue weighted by molar-refractivity contribution is 5.50. The number of alkyl halides is 3. The summed E-state index contributed by atoms with van der Waals surface area (Å²) in [5, 5.41) is 0. The molecule has 0 bridgehead atoms. The zero-order chi connectivity index (χ0) is 9.19. The molecule has 0 aliphatic carbocycles. The molecule has 0 fully saturated rings. The van der Waals surface area contributed by atoms with Crippen molar-refractivity contribution in [2.45, 2.75) is 6.18 Å². The van der Waals surface area contributed by atoms with Crippen molar-refractivity contribution in [2.75, 3.05) is 0 Å². The lowest BCUT2D eigenvalue weighted by molar-refractivity contribution is -0.136. The molecule has 0 aromatic carbocycles. The van der Waals surface area contributed by atoms with Crippen LogP contribution in [0, 0.1) is 0 Å². The number of rotatable bonds is 1. The van der Waals surface area contributed by atoms with E-state index in [9.17, 15) is 18.0 Å². The highest BCUT2D eigenvalue weighted by atomic mass is 19.4. The molecule has 64 valence electrons. The summed E-state index contributed by atoms with van der Waals surface area (Å²) in [7, 11) is 0. The molecule has 1 N–H and O–H groups in total. The molecule has 1 aromatic heterocycles. The molecule has 0 spiro atoms. The molecule has 0 radical (unpaired) electrons. The Morgan fingerprint density at radius 3 is 2.67 bits per heavy atom. The Balaban J connectivity index is 3.16. The molecule has 1 aromatic rings. The van der Waals surface area contributed by atoms with Crippen molar-refractivity contribution in [3.63, 3.8) is 0 Å². The van der Waals surface area contributed by atoms with Crippen LogP contribution in [0.2, 0.25) is 0 Å². The molecule has 12 heavy (non-hydrogen) atoms. The van der Waals surface area contributed by atoms with Crippen molar-refractivity contribution in [3.8, 4) is 0 Å². The number of nitrogens with one attached hydrogen (secondary N) is 1. The van der Waals surface area contributed by atoms with Crippen LogP contribution < -0.4 is 0 Å². The Bertz CT molecular complexity index is 322. The molecule has 1 heterocycles. The van der Waals surface area contributed by atoms with Gasteiger partial charge in [0.15, 0.2) is 5.82 Å². The van der Waals surface area contributed by atoms with Gasteiger partial charge in [-0.3, -0.25) is 0 Å². The van der Waals surface area contributed by atoms with Crippen LogP contribution in [0.15, 0.2) is 17.3 Å². The van der Waals surface area contributed by atoms with Crippen LogP contribution in [0.4, 0.5) is 19.0 Å². The number of aromatic amines is 1. The zero-order valence-corrected chi connectivity index (χ0v) is 5.64. The highest BCUT2D eigenvalue weighted by Crippen LogP contribution is 2.34. The highest BCUT2D eigenvalue weighted by Gasteiger charge is 2.34. The minimum Gasteiger partial charge on any atom is -0.345 e. The predicted molar refractivity (Wildman–Crippen MR) is 33.6 cm³/mol. The summed E-state index contributed by atoms with van der Waals surface area (Å²) in [5.74, 6) is -0.516. The number of aliphatic imine (C=N–C) groups is 1. The molecule has 0 amide bonds. The van der Waals surface area contributed by atoms with Gasteiger partial charge in [0.25, 0.3) is 0 Å². The normalized spacial score (nSPS) is 10.9. The molecule has 0 atom stereocenters. The van der Waals surface area contributed by atoms with Gasteiger partial charge in [-0.05, 0) is 6.07 Å². The fourth-order valence-electron chi connectivity index (χ4n) is 0.728. The van der Waals surface area contributed by atoms with Gasteiger partial charge in [0, 0.05) is 6.20 Å². The number of hydrogen-bond donors (Lipinski definition) is 1. The molecule has 0 aliphatic heterocycles. The van der Waals surface area contributed by atoms with E-state index < -0.39 is 17.6 Å². The van der Waals surface area contributed by atoms with Gasteiger partial charge in [0.1, 0.15) is 5.56 Å². The number of H-pyrrole nitrogens is 1. The van der Waals surface area contributed by atoms with E-state index in [1.165, 1.54) is 0 Å². The number of aromatic nitrogens is 1. The third kappa shape index (κ3) is 1.54. The number of isocyanates is 1. The summed E-state index contributed by atoms with van der Waals surface area (Å²) in [6.45, 7) is 0. The van der Waals surface area contributed by atoms with Gasteiger partial charge in [-0.25, -0.2) is 4.79 Å². The van der Waals surface area contributed by atoms with Crippen molar-refractivity contribution in [1.29, 1.82) is 0 Å². The van der Waals surface area contributed by atoms with Gasteiger partial charge in [0.2, 0.25) is 6.08 Å². The maximum atomic E-state index is 12.0. The number of halogens is 3. The van der Waals surface area contributed by atoms with Crippen LogP contribution in [0.3, 0.4) is 0 Å². The zero-order valence-electron chi connectivity index (χ0n) is 5.64. The fourth-order valence-corrected chi connectivity index (χ4v) is 0.728. The molecule has 1 rings (SSSR count). The van der Waals surface area contributed by atoms with Gasteiger partial charge in [-0.1, -0.05) is 0 Å². The van der Waals surface area contributed by atoms with Crippen molar-refractivity contribution < 1.29 is 18.0 Å². The van der Waals surface area contributed by atoms with Gasteiger partial charge >= 0.3 is 6.18 Å². The summed E-state index contributed by atoms with van der Waals surface area (Å²) in [4.78, 5) is 14.7. The Morgan fingerprint density at radius 1 is 1.50 bits per heavy atom. The van der Waals surface area contributed by atoms with E-state index in [0.717, 1.165) is 18.3 Å². The van der Waals surface area contributed by atoms with Crippen LogP contribution in [-0.4, -0.2) is 11.1 Å². The molecule has 0 saturated heterocycles. The first-order valence-corrected chi connectivity index (χ1v) is 2.88. The molecule has 6 heteroatoms. The van der Waals surface area contributed by atoms with E-state index in [1.807, 2.05) is 0 Å². The van der Waals surface area contributed by atoms with Crippen molar-refractivity contribution in [2.24, 2.45) is 4.99 Å². The van der Waals surface area contributed by atoms with Crippen LogP contribution in [0.5, 0.6) is 0 Å². The molecule has 3 nitrogen and oxygen atoms in total. The number of hydrogen-bond acceptors (Lipinski definition) is 2. The summed E-state index contributed by atoms with van der Waals surface area (Å²) in [6.07, 6.45) is -2.41. The van der Waals surface area contributed by atoms with Crippen molar-refractivity contribution in [3.05, 3.63) is 17.8 Å². The van der Waals surface area contributed by atoms with Crippen molar-refractivity contribution >= 4 is 11.9 Å². The third-order valence-corrected chi connectivity index (χ3v) is 1.19. The average molecular weight is 176 g/mol. The topological polar surface area (TPSA) is 45.2 Å². The lowest BCUT2D eigenvalue weighted by Crippen LogP contribution is -2.02. The molecule has 0 unspecified atom stereocenters. The second-order valence-electron chi connectivity index (χ2n) is 1.94. The van der Waals surface area contributed by atoms with E-state index in [-0.39, 0.29) is 0 Å². The maximum Gasteiger partial charge on any atom is 0.420 e. The molecular formula is C6H3F3N2O. The SMILES string of the molecule is O=C=Nc1[nH]ccc1C(F)(F)F. The van der Waals surface area contributed by atoms with Crippen LogP contribution in [-0.2, 0) is 11.0 Å². The van der Waals surface area contributed by atoms with Gasteiger partial charge in [-0.15, -0.1) is 4.99 Å². The monoisotopic (exact) mass is 176 g/mol. The first-order chi connectivity index (χ1) is 5.55. The van der Waals surface area contributed by atoms with E-state index >= 15 is 0 Å². The largest absolute Gasteiger partial charge is 0.420 e. The third-order valence-electron chi connectivity index (χ3n) is 1.19. The molecule has 0 saturated carbocycles. The minimum absolute atomic E-state index is 0.516. The Kier molecular flexibility index (Phi) is 2.01. The number of carbonyl (C=O) groups excluding carboxylic acids is 1. The lowest BCUT2D eigenvalue weighted by atomic mass is 10.3. The van der Waals surface area contributed by atoms with E-state index in [1.54, 1.807) is 0 Å². The summed E-state index contributed by atoms with van der Waals surface area (Å²) in [5.41, 5.74) is -0.967.